The van der Waals surface area contributed by atoms with E-state index in [2.05, 4.69) is 0 Å². The lowest BCUT2D eigenvalue weighted by molar-refractivity contribution is -0.152. The van der Waals surface area contributed by atoms with E-state index in [1.165, 1.54) is 0 Å². The van der Waals surface area contributed by atoms with Crippen LogP contribution >= 0.6 is 0 Å². The van der Waals surface area contributed by atoms with Crippen LogP contribution in [0.25, 0.3) is 0 Å². The number of hydrogen-bond donors (Lipinski definition) is 1. The molecule has 0 aliphatic carbocycles. The maximum Gasteiger partial charge on any atom is 0.309 e. The Morgan fingerprint density at radius 2 is 1.94 bits per heavy atom. The van der Waals surface area contributed by atoms with E-state index in [-0.39, 0.29) is 30.8 Å². The van der Waals surface area contributed by atoms with Crippen LogP contribution in [0.2, 0.25) is 0 Å². The number of aliphatic carboxylic acids is 1. The summed E-state index contributed by atoms with van der Waals surface area (Å²) < 4.78 is 47.2. The van der Waals surface area contributed by atoms with E-state index in [9.17, 15) is 22.0 Å². The molecule has 0 bridgehead atoms. The van der Waals surface area contributed by atoms with Gasteiger partial charge in [-0.25, -0.2) is 17.2 Å². The predicted molar refractivity (Wildman–Crippen MR) is 53.2 cm³/mol. The largest absolute Gasteiger partial charge is 0.481 e. The summed E-state index contributed by atoms with van der Waals surface area (Å²) in [5.74, 6) is -1.73. The van der Waals surface area contributed by atoms with Crippen molar-refractivity contribution in [3.63, 3.8) is 0 Å². The van der Waals surface area contributed by atoms with Gasteiger partial charge in [-0.2, -0.15) is 0 Å². The molecule has 1 aliphatic rings. The van der Waals surface area contributed by atoms with Crippen LogP contribution in [0.4, 0.5) is 8.78 Å². The van der Waals surface area contributed by atoms with Crippen molar-refractivity contribution in [2.45, 2.75) is 32.1 Å². The molecule has 16 heavy (non-hydrogen) atoms. The summed E-state index contributed by atoms with van der Waals surface area (Å²) in [6.45, 7) is 0. The number of carboxylic acids is 1. The van der Waals surface area contributed by atoms with Crippen LogP contribution in [0.3, 0.4) is 0 Å². The van der Waals surface area contributed by atoms with E-state index in [0.29, 0.717) is 0 Å². The van der Waals surface area contributed by atoms with Gasteiger partial charge in [0.25, 0.3) is 0 Å². The third-order valence-corrected chi connectivity index (χ3v) is 4.74. The second-order valence-corrected chi connectivity index (χ2v) is 6.49. The molecule has 7 heteroatoms. The molecule has 1 rings (SSSR count). The fraction of sp³-hybridized carbons (Fsp3) is 0.889. The number of hydrogen-bond acceptors (Lipinski definition) is 3. The number of rotatable bonds is 3. The Balaban J connectivity index is 2.90. The average Bonchev–Trinajstić information content (AvgIpc) is 2.25. The standard InChI is InChI=1S/C9H14F2O4S/c10-7(11)6-9(8(12)13)2-1-4-16(14,15)5-3-9/h7H,1-6H2,(H,12,13). The number of sulfone groups is 1. The lowest BCUT2D eigenvalue weighted by Gasteiger charge is -2.26. The Kier molecular flexibility index (Phi) is 3.88. The summed E-state index contributed by atoms with van der Waals surface area (Å²) in [5.41, 5.74) is -1.57. The zero-order chi connectivity index (χ0) is 12.4. The maximum absolute atomic E-state index is 12.3. The van der Waals surface area contributed by atoms with E-state index in [0.717, 1.165) is 0 Å². The quantitative estimate of drug-likeness (QED) is 0.826. The molecule has 0 radical (unpaired) electrons. The van der Waals surface area contributed by atoms with Crippen molar-refractivity contribution in [1.29, 1.82) is 0 Å². The smallest absolute Gasteiger partial charge is 0.309 e. The van der Waals surface area contributed by atoms with Gasteiger partial charge in [0.1, 0.15) is 9.84 Å². The van der Waals surface area contributed by atoms with Gasteiger partial charge in [-0.3, -0.25) is 4.79 Å². The van der Waals surface area contributed by atoms with Gasteiger partial charge in [0.05, 0.1) is 16.9 Å². The number of carboxylic acid groups (broad SMARTS) is 1. The van der Waals surface area contributed by atoms with Crippen LogP contribution in [0.1, 0.15) is 25.7 Å². The molecule has 1 aliphatic heterocycles. The minimum absolute atomic E-state index is 0.00586. The summed E-state index contributed by atoms with van der Waals surface area (Å²) in [4.78, 5) is 11.0. The number of alkyl halides is 2. The first-order valence-electron chi connectivity index (χ1n) is 4.99. The Bertz CT molecular complexity index is 366. The molecule has 0 amide bonds. The highest BCUT2D eigenvalue weighted by molar-refractivity contribution is 7.91. The number of carbonyl (C=O) groups is 1. The van der Waals surface area contributed by atoms with Crippen molar-refractivity contribution in [2.75, 3.05) is 11.5 Å². The second-order valence-electron chi connectivity index (χ2n) is 4.19. The molecule has 1 heterocycles. The fourth-order valence-electron chi connectivity index (χ4n) is 2.01. The van der Waals surface area contributed by atoms with Crippen LogP contribution in [0, 0.1) is 5.41 Å². The van der Waals surface area contributed by atoms with Crippen molar-refractivity contribution in [3.8, 4) is 0 Å². The molecule has 1 fully saturated rings. The zero-order valence-electron chi connectivity index (χ0n) is 8.66. The monoisotopic (exact) mass is 256 g/mol. The third kappa shape index (κ3) is 3.13. The molecule has 0 aromatic carbocycles. The molecular formula is C9H14F2O4S. The maximum atomic E-state index is 12.3. The topological polar surface area (TPSA) is 71.4 Å². The molecule has 0 aromatic heterocycles. The third-order valence-electron chi connectivity index (χ3n) is 3.00. The highest BCUT2D eigenvalue weighted by Crippen LogP contribution is 2.38. The zero-order valence-corrected chi connectivity index (χ0v) is 9.47. The van der Waals surface area contributed by atoms with E-state index in [4.69, 9.17) is 5.11 Å². The van der Waals surface area contributed by atoms with Gasteiger partial charge in [0.2, 0.25) is 6.43 Å². The van der Waals surface area contributed by atoms with Crippen LogP contribution in [-0.4, -0.2) is 37.4 Å². The van der Waals surface area contributed by atoms with Crippen molar-refractivity contribution >= 4 is 15.8 Å². The van der Waals surface area contributed by atoms with E-state index >= 15 is 0 Å². The van der Waals surface area contributed by atoms with Gasteiger partial charge in [0, 0.05) is 6.42 Å². The van der Waals surface area contributed by atoms with Crippen LogP contribution < -0.4 is 0 Å². The average molecular weight is 256 g/mol. The Labute approximate surface area is 92.6 Å². The summed E-state index contributed by atoms with van der Waals surface area (Å²) in [6, 6.07) is 0. The van der Waals surface area contributed by atoms with Crippen molar-refractivity contribution in [2.24, 2.45) is 5.41 Å². The van der Waals surface area contributed by atoms with Gasteiger partial charge in [-0.1, -0.05) is 0 Å². The summed E-state index contributed by atoms with van der Waals surface area (Å²) >= 11 is 0. The Morgan fingerprint density at radius 3 is 2.44 bits per heavy atom. The molecule has 0 saturated carbocycles. The van der Waals surface area contributed by atoms with Gasteiger partial charge in [0.15, 0.2) is 0 Å². The normalized spacial score (nSPS) is 29.9. The second kappa shape index (κ2) is 4.65. The minimum atomic E-state index is -3.27. The predicted octanol–water partition coefficient (Wildman–Crippen LogP) is 1.31. The first-order valence-corrected chi connectivity index (χ1v) is 6.82. The number of halogens is 2. The first-order chi connectivity index (χ1) is 7.27. The van der Waals surface area contributed by atoms with Crippen molar-refractivity contribution in [3.05, 3.63) is 0 Å². The molecule has 0 aromatic rings. The van der Waals surface area contributed by atoms with E-state index in [1.54, 1.807) is 0 Å². The van der Waals surface area contributed by atoms with Crippen LogP contribution in [0.15, 0.2) is 0 Å². The van der Waals surface area contributed by atoms with E-state index < -0.39 is 34.1 Å². The van der Waals surface area contributed by atoms with Crippen molar-refractivity contribution < 1.29 is 27.1 Å². The first kappa shape index (κ1) is 13.3. The Hall–Kier alpha value is -0.720. The highest BCUT2D eigenvalue weighted by atomic mass is 32.2. The summed E-state index contributed by atoms with van der Waals surface area (Å²) in [7, 11) is -3.27. The van der Waals surface area contributed by atoms with Crippen LogP contribution in [-0.2, 0) is 14.6 Å². The molecule has 1 atom stereocenters. The van der Waals surface area contributed by atoms with Gasteiger partial charge in [-0.15, -0.1) is 0 Å². The summed E-state index contributed by atoms with van der Waals surface area (Å²) in [5, 5.41) is 9.00. The van der Waals surface area contributed by atoms with Gasteiger partial charge < -0.3 is 5.11 Å². The molecule has 4 nitrogen and oxygen atoms in total. The molecule has 0 spiro atoms. The van der Waals surface area contributed by atoms with Gasteiger partial charge in [-0.05, 0) is 19.3 Å². The molecule has 1 unspecified atom stereocenters. The SMILES string of the molecule is O=C(O)C1(CC(F)F)CCCS(=O)(=O)CC1. The molecule has 1 N–H and O–H groups in total. The lowest BCUT2D eigenvalue weighted by atomic mass is 9.78. The van der Waals surface area contributed by atoms with E-state index in [1.807, 2.05) is 0 Å². The molecular weight excluding hydrogens is 242 g/mol. The Morgan fingerprint density at radius 1 is 1.31 bits per heavy atom. The van der Waals surface area contributed by atoms with Crippen molar-refractivity contribution in [1.82, 2.24) is 0 Å². The summed E-state index contributed by atoms with van der Waals surface area (Å²) in [6.07, 6.45) is -3.56. The highest BCUT2D eigenvalue weighted by Gasteiger charge is 2.43. The lowest BCUT2D eigenvalue weighted by Crippen LogP contribution is -2.33. The fourth-order valence-corrected chi connectivity index (χ4v) is 3.50. The van der Waals surface area contributed by atoms with Gasteiger partial charge >= 0.3 is 5.97 Å². The molecule has 1 saturated heterocycles. The molecule has 94 valence electrons. The van der Waals surface area contributed by atoms with Crippen LogP contribution in [0.5, 0.6) is 0 Å². The minimum Gasteiger partial charge on any atom is -0.481 e.